The number of aliphatic hydroxyl groups is 1. The molecule has 5 rings (SSSR count). The van der Waals surface area contributed by atoms with Crippen molar-refractivity contribution in [3.8, 4) is 11.6 Å². The lowest BCUT2D eigenvalue weighted by molar-refractivity contribution is -0.137. The summed E-state index contributed by atoms with van der Waals surface area (Å²) in [5, 5.41) is 25.0. The first-order chi connectivity index (χ1) is 19.2. The number of hydrogen-bond donors (Lipinski definition) is 2. The van der Waals surface area contributed by atoms with E-state index in [2.05, 4.69) is 22.2 Å². The van der Waals surface area contributed by atoms with Crippen molar-refractivity contribution < 1.29 is 24.5 Å². The average Bonchev–Trinajstić information content (AvgIpc) is 3.33. The summed E-state index contributed by atoms with van der Waals surface area (Å²) in [6, 6.07) is 11.3. The van der Waals surface area contributed by atoms with Crippen molar-refractivity contribution in [3.63, 3.8) is 0 Å². The minimum absolute atomic E-state index is 0.0940. The Morgan fingerprint density at radius 1 is 1.10 bits per heavy atom. The van der Waals surface area contributed by atoms with Gasteiger partial charge in [-0.3, -0.25) is 14.5 Å². The Morgan fingerprint density at radius 3 is 2.70 bits per heavy atom. The van der Waals surface area contributed by atoms with Gasteiger partial charge in [0.1, 0.15) is 12.4 Å². The Kier molecular flexibility index (Phi) is 8.02. The second kappa shape index (κ2) is 11.6. The van der Waals surface area contributed by atoms with Gasteiger partial charge in [0.05, 0.1) is 36.4 Å². The van der Waals surface area contributed by atoms with Crippen LogP contribution in [0.2, 0.25) is 0 Å². The van der Waals surface area contributed by atoms with Crippen molar-refractivity contribution in [1.82, 2.24) is 19.7 Å². The number of nitrogens with zero attached hydrogens (tertiary/aromatic N) is 4. The smallest absolute Gasteiger partial charge is 0.305 e. The van der Waals surface area contributed by atoms with Gasteiger partial charge < -0.3 is 19.7 Å². The molecule has 0 amide bonds. The lowest BCUT2D eigenvalue weighted by atomic mass is 9.96. The van der Waals surface area contributed by atoms with E-state index in [0.717, 1.165) is 47.2 Å². The highest BCUT2D eigenvalue weighted by atomic mass is 16.5. The molecular formula is C31H36N4O5. The predicted molar refractivity (Wildman–Crippen MR) is 151 cm³/mol. The number of carboxylic acid groups (broad SMARTS) is 1. The lowest BCUT2D eigenvalue weighted by Crippen LogP contribution is -2.28. The molecular weight excluding hydrogens is 508 g/mol. The van der Waals surface area contributed by atoms with Gasteiger partial charge in [0, 0.05) is 35.0 Å². The minimum Gasteiger partial charge on any atom is -0.493 e. The third kappa shape index (κ3) is 6.59. The molecule has 1 aliphatic rings. The van der Waals surface area contributed by atoms with Crippen LogP contribution in [-0.4, -0.2) is 54.7 Å². The van der Waals surface area contributed by atoms with Gasteiger partial charge in [0.15, 0.2) is 0 Å². The van der Waals surface area contributed by atoms with E-state index in [0.29, 0.717) is 18.1 Å². The van der Waals surface area contributed by atoms with Crippen molar-refractivity contribution in [2.45, 2.75) is 70.9 Å². The van der Waals surface area contributed by atoms with Crippen molar-refractivity contribution in [3.05, 3.63) is 76.9 Å². The van der Waals surface area contributed by atoms with Gasteiger partial charge in [0.25, 0.3) is 0 Å². The standard InChI is InChI=1S/C31H36N4O5/c1-20-14-22(17-32-30(20)40-19-31(2,3)38)28(16-29(36)37)35-27-11-10-25(15-23(27)18-33-35)39-13-12-24-9-8-21-6-4-5-7-26(21)34-24/h8-11,14-15,17-18,28,38H,4-7,12-13,16,19H2,1-3H3,(H,36,37). The maximum absolute atomic E-state index is 11.8. The number of rotatable bonds is 11. The fraction of sp³-hybridized carbons (Fsp3) is 0.419. The molecule has 0 spiro atoms. The molecule has 40 heavy (non-hydrogen) atoms. The van der Waals surface area contributed by atoms with Gasteiger partial charge in [-0.2, -0.15) is 5.10 Å². The van der Waals surface area contributed by atoms with Crippen molar-refractivity contribution >= 4 is 16.9 Å². The highest BCUT2D eigenvalue weighted by molar-refractivity contribution is 5.81. The third-order valence-electron chi connectivity index (χ3n) is 7.09. The van der Waals surface area contributed by atoms with Gasteiger partial charge in [-0.25, -0.2) is 4.98 Å². The first-order valence-electron chi connectivity index (χ1n) is 13.8. The summed E-state index contributed by atoms with van der Waals surface area (Å²) < 4.78 is 13.4. The Morgan fingerprint density at radius 2 is 1.93 bits per heavy atom. The van der Waals surface area contributed by atoms with E-state index in [-0.39, 0.29) is 13.0 Å². The van der Waals surface area contributed by atoms with Crippen LogP contribution < -0.4 is 9.47 Å². The number of carboxylic acids is 1. The highest BCUT2D eigenvalue weighted by Crippen LogP contribution is 2.30. The zero-order valence-electron chi connectivity index (χ0n) is 23.3. The molecule has 0 saturated heterocycles. The van der Waals surface area contributed by atoms with Crippen LogP contribution in [0.3, 0.4) is 0 Å². The largest absolute Gasteiger partial charge is 0.493 e. The number of benzene rings is 1. The normalized spacial score (nSPS) is 14.1. The quantitative estimate of drug-likeness (QED) is 0.275. The van der Waals surface area contributed by atoms with E-state index in [1.165, 1.54) is 24.1 Å². The molecule has 1 unspecified atom stereocenters. The molecule has 9 nitrogen and oxygen atoms in total. The van der Waals surface area contributed by atoms with Gasteiger partial charge in [0.2, 0.25) is 5.88 Å². The number of carbonyl (C=O) groups is 1. The van der Waals surface area contributed by atoms with Gasteiger partial charge in [-0.15, -0.1) is 0 Å². The molecule has 0 aliphatic heterocycles. The average molecular weight is 545 g/mol. The highest BCUT2D eigenvalue weighted by Gasteiger charge is 2.23. The summed E-state index contributed by atoms with van der Waals surface area (Å²) in [4.78, 5) is 21.0. The van der Waals surface area contributed by atoms with Gasteiger partial charge >= 0.3 is 5.97 Å². The van der Waals surface area contributed by atoms with E-state index in [1.807, 2.05) is 31.2 Å². The van der Waals surface area contributed by atoms with E-state index in [9.17, 15) is 15.0 Å². The van der Waals surface area contributed by atoms with Crippen LogP contribution in [0.5, 0.6) is 11.6 Å². The maximum Gasteiger partial charge on any atom is 0.305 e. The van der Waals surface area contributed by atoms with Crippen LogP contribution in [-0.2, 0) is 24.1 Å². The van der Waals surface area contributed by atoms with Gasteiger partial charge in [-0.1, -0.05) is 6.07 Å². The summed E-state index contributed by atoms with van der Waals surface area (Å²) in [5.74, 6) is 0.188. The molecule has 4 aromatic rings. The molecule has 0 bridgehead atoms. The van der Waals surface area contributed by atoms with Crippen LogP contribution >= 0.6 is 0 Å². The fourth-order valence-electron chi connectivity index (χ4n) is 5.08. The van der Waals surface area contributed by atoms with E-state index < -0.39 is 17.6 Å². The number of aryl methyl sites for hydroxylation is 3. The SMILES string of the molecule is Cc1cc(C(CC(=O)O)n2ncc3cc(OCCc4ccc5c(n4)CCCC5)ccc32)cnc1OCC(C)(C)O. The first kappa shape index (κ1) is 27.6. The van der Waals surface area contributed by atoms with Crippen LogP contribution in [0.25, 0.3) is 10.9 Å². The van der Waals surface area contributed by atoms with Crippen LogP contribution in [0, 0.1) is 6.92 Å². The number of pyridine rings is 2. The summed E-state index contributed by atoms with van der Waals surface area (Å²) in [7, 11) is 0. The second-order valence-electron chi connectivity index (χ2n) is 11.1. The van der Waals surface area contributed by atoms with E-state index in [1.54, 1.807) is 30.9 Å². The van der Waals surface area contributed by atoms with Gasteiger partial charge in [-0.05, 0) is 87.9 Å². The molecule has 0 radical (unpaired) electrons. The molecule has 9 heteroatoms. The molecule has 210 valence electrons. The fourth-order valence-corrected chi connectivity index (χ4v) is 5.08. The topological polar surface area (TPSA) is 120 Å². The Bertz CT molecular complexity index is 1510. The number of ether oxygens (including phenoxy) is 2. The summed E-state index contributed by atoms with van der Waals surface area (Å²) in [6.45, 7) is 5.77. The predicted octanol–water partition coefficient (Wildman–Crippen LogP) is 4.85. The Balaban J connectivity index is 1.30. The summed E-state index contributed by atoms with van der Waals surface area (Å²) >= 11 is 0. The third-order valence-corrected chi connectivity index (χ3v) is 7.09. The van der Waals surface area contributed by atoms with Crippen LogP contribution in [0.4, 0.5) is 0 Å². The van der Waals surface area contributed by atoms with Crippen LogP contribution in [0.15, 0.2) is 48.8 Å². The minimum atomic E-state index is -0.993. The number of aromatic nitrogens is 4. The lowest BCUT2D eigenvalue weighted by Gasteiger charge is -2.20. The van der Waals surface area contributed by atoms with Crippen molar-refractivity contribution in [2.24, 2.45) is 0 Å². The van der Waals surface area contributed by atoms with E-state index >= 15 is 0 Å². The first-order valence-corrected chi connectivity index (χ1v) is 13.8. The number of hydrogen-bond acceptors (Lipinski definition) is 7. The Hall–Kier alpha value is -3.98. The molecule has 3 heterocycles. The molecule has 1 atom stereocenters. The zero-order valence-corrected chi connectivity index (χ0v) is 23.3. The monoisotopic (exact) mass is 544 g/mol. The summed E-state index contributed by atoms with van der Waals surface area (Å²) in [6.07, 6.45) is 8.54. The van der Waals surface area contributed by atoms with Crippen LogP contribution in [0.1, 0.15) is 67.2 Å². The summed E-state index contributed by atoms with van der Waals surface area (Å²) in [5.41, 5.74) is 4.92. The zero-order chi connectivity index (χ0) is 28.3. The Labute approximate surface area is 233 Å². The second-order valence-corrected chi connectivity index (χ2v) is 11.1. The number of aliphatic carboxylic acids is 1. The molecule has 3 aromatic heterocycles. The van der Waals surface area contributed by atoms with Crippen molar-refractivity contribution in [2.75, 3.05) is 13.2 Å². The maximum atomic E-state index is 11.8. The molecule has 0 fully saturated rings. The number of fused-ring (bicyclic) bond motifs is 2. The molecule has 2 N–H and O–H groups in total. The van der Waals surface area contributed by atoms with E-state index in [4.69, 9.17) is 14.5 Å². The molecule has 1 aliphatic carbocycles. The van der Waals surface area contributed by atoms with Crippen molar-refractivity contribution in [1.29, 1.82) is 0 Å². The molecule has 0 saturated carbocycles. The molecule has 1 aromatic carbocycles.